The molecule has 51 heavy (non-hydrogen) atoms. The second-order valence-corrected chi connectivity index (χ2v) is 13.8. The number of ether oxygens (including phenoxy) is 2. The maximum atomic E-state index is 14.6. The van der Waals surface area contributed by atoms with Crippen LogP contribution < -0.4 is 5.32 Å². The second-order valence-electron chi connectivity index (χ2n) is 13.4. The van der Waals surface area contributed by atoms with Crippen LogP contribution in [0, 0.1) is 6.92 Å². The van der Waals surface area contributed by atoms with E-state index >= 15 is 0 Å². The predicted octanol–water partition coefficient (Wildman–Crippen LogP) is 11.1. The van der Waals surface area contributed by atoms with Gasteiger partial charge in [0.25, 0.3) is 0 Å². The highest BCUT2D eigenvalue weighted by molar-refractivity contribution is 6.31. The molecule has 1 N–H and O–H groups in total. The Labute approximate surface area is 307 Å². The minimum Gasteiger partial charge on any atom is -0.449 e. The van der Waals surface area contributed by atoms with Gasteiger partial charge < -0.3 is 14.8 Å². The summed E-state index contributed by atoms with van der Waals surface area (Å²) in [5.41, 5.74) is 6.37. The smallest absolute Gasteiger partial charge is 0.407 e. The number of aryl methyl sites for hydroxylation is 1. The Kier molecular flexibility index (Phi) is 11.9. The van der Waals surface area contributed by atoms with Crippen molar-refractivity contribution < 1.29 is 19.1 Å². The zero-order valence-corrected chi connectivity index (χ0v) is 30.2. The van der Waals surface area contributed by atoms with Crippen LogP contribution in [0.25, 0.3) is 11.1 Å². The Balaban J connectivity index is 1.29. The third kappa shape index (κ3) is 8.05. The summed E-state index contributed by atoms with van der Waals surface area (Å²) in [4.78, 5) is 28.2. The van der Waals surface area contributed by atoms with E-state index in [-0.39, 0.29) is 12.5 Å². The van der Waals surface area contributed by atoms with E-state index in [9.17, 15) is 9.59 Å². The largest absolute Gasteiger partial charge is 0.449 e. The van der Waals surface area contributed by atoms with Gasteiger partial charge in [-0.25, -0.2) is 9.59 Å². The first-order valence-corrected chi connectivity index (χ1v) is 18.5. The summed E-state index contributed by atoms with van der Waals surface area (Å²) in [5, 5.41) is 3.39. The predicted molar refractivity (Wildman–Crippen MR) is 205 cm³/mol. The number of halogens is 1. The molecule has 6 rings (SSSR count). The van der Waals surface area contributed by atoms with Crippen LogP contribution in [0.3, 0.4) is 0 Å². The van der Waals surface area contributed by atoms with E-state index in [2.05, 4.69) is 36.5 Å². The molecule has 5 nitrogen and oxygen atoms in total. The number of alkyl carbamates (subject to hydrolysis) is 1. The number of esters is 1. The average Bonchev–Trinajstić information content (AvgIpc) is 3.48. The molecule has 0 radical (unpaired) electrons. The number of carbonyl (C=O) groups excluding carboxylic acids is 2. The topological polar surface area (TPSA) is 64.6 Å². The van der Waals surface area contributed by atoms with E-state index in [1.54, 1.807) is 6.07 Å². The zero-order chi connectivity index (χ0) is 35.6. The van der Waals surface area contributed by atoms with Gasteiger partial charge in [-0.1, -0.05) is 184 Å². The average molecular weight is 700 g/mol. The van der Waals surface area contributed by atoms with Crippen molar-refractivity contribution in [1.29, 1.82) is 0 Å². The Morgan fingerprint density at radius 2 is 1.27 bits per heavy atom. The van der Waals surface area contributed by atoms with Gasteiger partial charge in [-0.05, 0) is 41.7 Å². The van der Waals surface area contributed by atoms with Gasteiger partial charge in [0, 0.05) is 27.6 Å². The Morgan fingerprint density at radius 1 is 0.706 bits per heavy atom. The van der Waals surface area contributed by atoms with Gasteiger partial charge in [0.05, 0.1) is 0 Å². The molecule has 1 amide bonds. The minimum absolute atomic E-state index is 0.0976. The lowest BCUT2D eigenvalue weighted by Gasteiger charge is -2.37. The molecule has 0 saturated carbocycles. The quantitative estimate of drug-likeness (QED) is 0.0671. The van der Waals surface area contributed by atoms with Crippen molar-refractivity contribution in [3.63, 3.8) is 0 Å². The van der Waals surface area contributed by atoms with Crippen LogP contribution >= 0.6 is 11.6 Å². The number of unbranched alkanes of at least 4 members (excludes halogenated alkanes) is 5. The molecule has 1 aliphatic carbocycles. The van der Waals surface area contributed by atoms with Crippen LogP contribution in [0.1, 0.15) is 91.2 Å². The van der Waals surface area contributed by atoms with Crippen molar-refractivity contribution in [2.24, 2.45) is 0 Å². The molecule has 1 unspecified atom stereocenters. The number of benzene rings is 5. The highest BCUT2D eigenvalue weighted by atomic mass is 35.5. The molecule has 5 aromatic rings. The summed E-state index contributed by atoms with van der Waals surface area (Å²) in [6.07, 6.45) is 6.00. The maximum Gasteiger partial charge on any atom is 0.407 e. The molecule has 1 aliphatic rings. The summed E-state index contributed by atoms with van der Waals surface area (Å²) in [7, 11) is 0. The Morgan fingerprint density at radius 3 is 1.94 bits per heavy atom. The molecule has 0 bridgehead atoms. The van der Waals surface area contributed by atoms with Gasteiger partial charge in [-0.2, -0.15) is 0 Å². The van der Waals surface area contributed by atoms with Gasteiger partial charge in [0.15, 0.2) is 5.60 Å². The van der Waals surface area contributed by atoms with E-state index in [0.717, 1.165) is 71.0 Å². The normalized spacial score (nSPS) is 13.8. The first-order valence-electron chi connectivity index (χ1n) is 18.1. The lowest BCUT2D eigenvalue weighted by molar-refractivity contribution is -0.156. The number of amides is 1. The SMILES string of the molecule is CCCCCCCC[C@H](NC(=O)OCC1c2ccccc2-c2ccccc21)C(=O)OC(c1ccccc1)(c1ccc(C)cc1)c1ccccc1Cl. The van der Waals surface area contributed by atoms with Crippen LogP contribution in [0.15, 0.2) is 127 Å². The van der Waals surface area contributed by atoms with E-state index in [4.69, 9.17) is 21.1 Å². The Bertz CT molecular complexity index is 1880. The summed E-state index contributed by atoms with van der Waals surface area (Å²) in [6, 6.07) is 40.6. The fraction of sp³-hybridized carbons (Fsp3) is 0.289. The van der Waals surface area contributed by atoms with Gasteiger partial charge >= 0.3 is 12.1 Å². The summed E-state index contributed by atoms with van der Waals surface area (Å²) in [5.74, 6) is -0.652. The number of nitrogens with one attached hydrogen (secondary N) is 1. The zero-order valence-electron chi connectivity index (χ0n) is 29.4. The van der Waals surface area contributed by atoms with Crippen molar-refractivity contribution in [1.82, 2.24) is 5.32 Å². The molecule has 0 fully saturated rings. The number of carbonyl (C=O) groups is 2. The molecule has 6 heteroatoms. The molecule has 0 saturated heterocycles. The number of fused-ring (bicyclic) bond motifs is 3. The van der Waals surface area contributed by atoms with Crippen molar-refractivity contribution in [2.45, 2.75) is 76.4 Å². The van der Waals surface area contributed by atoms with Crippen molar-refractivity contribution >= 4 is 23.7 Å². The van der Waals surface area contributed by atoms with Crippen LogP contribution in [-0.4, -0.2) is 24.7 Å². The highest BCUT2D eigenvalue weighted by Gasteiger charge is 2.43. The molecule has 5 aromatic carbocycles. The van der Waals surface area contributed by atoms with Crippen molar-refractivity contribution in [3.8, 4) is 11.1 Å². The van der Waals surface area contributed by atoms with Crippen LogP contribution in [0.4, 0.5) is 4.79 Å². The molecule has 0 spiro atoms. The van der Waals surface area contributed by atoms with Gasteiger partial charge in [-0.3, -0.25) is 0 Å². The van der Waals surface area contributed by atoms with E-state index in [1.165, 1.54) is 6.42 Å². The maximum absolute atomic E-state index is 14.6. The van der Waals surface area contributed by atoms with Gasteiger partial charge in [0.2, 0.25) is 0 Å². The van der Waals surface area contributed by atoms with Crippen molar-refractivity contribution in [3.05, 3.63) is 166 Å². The van der Waals surface area contributed by atoms with Crippen molar-refractivity contribution in [2.75, 3.05) is 6.61 Å². The van der Waals surface area contributed by atoms with Crippen LogP contribution in [-0.2, 0) is 19.9 Å². The summed E-state index contributed by atoms with van der Waals surface area (Å²) in [6.45, 7) is 4.36. The fourth-order valence-electron chi connectivity index (χ4n) is 7.24. The molecule has 0 aromatic heterocycles. The van der Waals surface area contributed by atoms with E-state index in [0.29, 0.717) is 17.0 Å². The first-order chi connectivity index (χ1) is 24.9. The second kappa shape index (κ2) is 16.9. The number of hydrogen-bond donors (Lipinski definition) is 1. The molecular weight excluding hydrogens is 654 g/mol. The fourth-order valence-corrected chi connectivity index (χ4v) is 7.51. The van der Waals surface area contributed by atoms with E-state index < -0.39 is 23.7 Å². The number of hydrogen-bond acceptors (Lipinski definition) is 4. The Hall–Kier alpha value is -4.87. The van der Waals surface area contributed by atoms with E-state index in [1.807, 2.05) is 104 Å². The third-order valence-electron chi connectivity index (χ3n) is 9.91. The monoisotopic (exact) mass is 699 g/mol. The standard InChI is InChI=1S/C45H46ClNO4/c1-3-4-5-6-7-11-26-42(47-44(49)50-31-39-37-22-14-12-20-35(37)36-21-13-15-23-38(36)39)43(48)51-45(33-18-9-8-10-19-33,34-29-27-32(2)28-30-34)40-24-16-17-25-41(40)46/h8-10,12-25,27-30,39,42H,3-7,11,26,31H2,1-2H3,(H,47,49)/t42-,45?/m0/s1. The van der Waals surface area contributed by atoms with Crippen LogP contribution in [0.2, 0.25) is 5.02 Å². The lowest BCUT2D eigenvalue weighted by atomic mass is 9.79. The molecule has 2 atom stereocenters. The van der Waals surface area contributed by atoms with Crippen LogP contribution in [0.5, 0.6) is 0 Å². The third-order valence-corrected chi connectivity index (χ3v) is 10.2. The first kappa shape index (κ1) is 35.9. The van der Waals surface area contributed by atoms with Gasteiger partial charge in [0.1, 0.15) is 12.6 Å². The van der Waals surface area contributed by atoms with Gasteiger partial charge in [-0.15, -0.1) is 0 Å². The molecule has 262 valence electrons. The highest BCUT2D eigenvalue weighted by Crippen LogP contribution is 2.45. The molecule has 0 aliphatic heterocycles. The minimum atomic E-state index is -1.38. The molecule has 0 heterocycles. The molecular formula is C45H46ClNO4. The summed E-state index contributed by atoms with van der Waals surface area (Å²) >= 11 is 6.93. The summed E-state index contributed by atoms with van der Waals surface area (Å²) < 4.78 is 12.7. The number of rotatable bonds is 15. The lowest BCUT2D eigenvalue weighted by Crippen LogP contribution is -2.46.